The second-order valence-corrected chi connectivity index (χ2v) is 12.1. The number of ether oxygens (including phenoxy) is 2. The first kappa shape index (κ1) is 28.6. The van der Waals surface area contributed by atoms with Gasteiger partial charge in [0.2, 0.25) is 5.95 Å². The lowest BCUT2D eigenvalue weighted by Gasteiger charge is -2.26. The number of hydrogen-bond donors (Lipinski definition) is 0. The summed E-state index contributed by atoms with van der Waals surface area (Å²) in [7, 11) is -4.89. The molecule has 0 saturated carbocycles. The molecule has 39 heavy (non-hydrogen) atoms. The van der Waals surface area contributed by atoms with Gasteiger partial charge >= 0.3 is 6.09 Å². The van der Waals surface area contributed by atoms with Crippen molar-refractivity contribution in [2.75, 3.05) is 4.31 Å². The zero-order chi connectivity index (χ0) is 28.5. The number of hydrogen-bond acceptors (Lipinski definition) is 9. The van der Waals surface area contributed by atoms with Crippen LogP contribution in [-0.4, -0.2) is 35.1 Å². The molecule has 0 spiro atoms. The van der Waals surface area contributed by atoms with E-state index < -0.39 is 38.4 Å². The molecule has 0 bridgehead atoms. The molecule has 204 valence electrons. The van der Waals surface area contributed by atoms with E-state index in [1.165, 1.54) is 35.4 Å². The number of aromatic nitrogens is 3. The van der Waals surface area contributed by atoms with Gasteiger partial charge in [-0.25, -0.2) is 32.6 Å². The number of amides is 1. The minimum atomic E-state index is -4.89. The molecule has 0 aliphatic carbocycles. The van der Waals surface area contributed by atoms with Crippen molar-refractivity contribution in [2.24, 2.45) is 0 Å². The zero-order valence-electron chi connectivity index (χ0n) is 20.4. The van der Waals surface area contributed by atoms with Gasteiger partial charge in [-0.2, -0.15) is 4.39 Å². The van der Waals surface area contributed by atoms with Crippen LogP contribution in [-0.2, 0) is 14.8 Å². The summed E-state index contributed by atoms with van der Waals surface area (Å²) < 4.78 is 67.3. The van der Waals surface area contributed by atoms with E-state index in [0.717, 1.165) is 29.5 Å². The number of rotatable bonds is 6. The van der Waals surface area contributed by atoms with Crippen LogP contribution in [0, 0.1) is 11.8 Å². The fraction of sp³-hybridized carbons (Fsp3) is 0.167. The first-order chi connectivity index (χ1) is 18.3. The Labute approximate surface area is 236 Å². The van der Waals surface area contributed by atoms with Crippen LogP contribution in [0.5, 0.6) is 11.5 Å². The average Bonchev–Trinajstić information content (AvgIpc) is 3.35. The maximum Gasteiger partial charge on any atom is 0.430 e. The summed E-state index contributed by atoms with van der Waals surface area (Å²) in [6.07, 6.45) is 1.15. The molecule has 0 fully saturated rings. The van der Waals surface area contributed by atoms with Crippen LogP contribution in [0.4, 0.5) is 19.4 Å². The third-order valence-corrected chi connectivity index (χ3v) is 7.54. The van der Waals surface area contributed by atoms with Crippen molar-refractivity contribution in [3.8, 4) is 22.6 Å². The van der Waals surface area contributed by atoms with Crippen LogP contribution in [0.15, 0.2) is 58.5 Å². The molecule has 15 heteroatoms. The molecule has 9 nitrogen and oxygen atoms in total. The number of anilines is 1. The summed E-state index contributed by atoms with van der Waals surface area (Å²) >= 11 is 13.3. The summed E-state index contributed by atoms with van der Waals surface area (Å²) in [6.45, 7) is 4.63. The van der Waals surface area contributed by atoms with Gasteiger partial charge in [-0.1, -0.05) is 23.2 Å². The van der Waals surface area contributed by atoms with Crippen LogP contribution in [0.1, 0.15) is 20.8 Å². The minimum absolute atomic E-state index is 0.0137. The maximum atomic E-state index is 15.4. The summed E-state index contributed by atoms with van der Waals surface area (Å²) in [6, 6.07) is 5.53. The molecule has 0 aliphatic rings. The number of pyridine rings is 2. The van der Waals surface area contributed by atoms with Crippen molar-refractivity contribution >= 4 is 56.5 Å². The highest BCUT2D eigenvalue weighted by Gasteiger charge is 2.38. The second kappa shape index (κ2) is 11.0. The smallest absolute Gasteiger partial charge is 0.430 e. The van der Waals surface area contributed by atoms with Gasteiger partial charge in [0, 0.05) is 29.3 Å². The Kier molecular flexibility index (Phi) is 8.07. The molecular weight excluding hydrogens is 597 g/mol. The monoisotopic (exact) mass is 614 g/mol. The number of sulfonamides is 1. The number of carbonyl (C=O) groups excluding carboxylic acids is 1. The lowest BCUT2D eigenvalue weighted by atomic mass is 10.1. The largest absolute Gasteiger partial charge is 0.453 e. The number of benzene rings is 1. The Morgan fingerprint density at radius 1 is 1.05 bits per heavy atom. The highest BCUT2D eigenvalue weighted by molar-refractivity contribution is 7.93. The van der Waals surface area contributed by atoms with Crippen LogP contribution in [0.2, 0.25) is 10.2 Å². The Hall–Kier alpha value is -3.39. The van der Waals surface area contributed by atoms with Gasteiger partial charge in [-0.15, -0.1) is 15.6 Å². The van der Waals surface area contributed by atoms with Crippen LogP contribution < -0.4 is 9.04 Å². The average molecular weight is 615 g/mol. The number of halogens is 4. The first-order valence-electron chi connectivity index (χ1n) is 10.9. The van der Waals surface area contributed by atoms with E-state index in [1.807, 2.05) is 0 Å². The molecule has 3 heterocycles. The predicted molar refractivity (Wildman–Crippen MR) is 142 cm³/mol. The third kappa shape index (κ3) is 6.44. The van der Waals surface area contributed by atoms with E-state index in [-0.39, 0.29) is 37.4 Å². The molecule has 1 aromatic carbocycles. The summed E-state index contributed by atoms with van der Waals surface area (Å²) in [5.41, 5.74) is 0.851. The molecule has 0 radical (unpaired) electrons. The molecule has 0 saturated heterocycles. The van der Waals surface area contributed by atoms with E-state index in [2.05, 4.69) is 15.0 Å². The van der Waals surface area contributed by atoms with Crippen molar-refractivity contribution < 1.29 is 31.5 Å². The van der Waals surface area contributed by atoms with Gasteiger partial charge in [0.25, 0.3) is 10.0 Å². The van der Waals surface area contributed by atoms with E-state index in [0.29, 0.717) is 5.56 Å². The van der Waals surface area contributed by atoms with Gasteiger partial charge in [-0.05, 0) is 44.5 Å². The molecule has 4 rings (SSSR count). The quantitative estimate of drug-likeness (QED) is 0.211. The summed E-state index contributed by atoms with van der Waals surface area (Å²) in [5.74, 6) is -2.60. The molecule has 0 unspecified atom stereocenters. The maximum absolute atomic E-state index is 15.4. The Bertz CT molecular complexity index is 1650. The highest BCUT2D eigenvalue weighted by atomic mass is 35.5. The fourth-order valence-electron chi connectivity index (χ4n) is 3.22. The van der Waals surface area contributed by atoms with E-state index >= 15 is 4.39 Å². The van der Waals surface area contributed by atoms with E-state index in [4.69, 9.17) is 32.7 Å². The Morgan fingerprint density at radius 2 is 1.79 bits per heavy atom. The van der Waals surface area contributed by atoms with Crippen LogP contribution in [0.3, 0.4) is 0 Å². The topological polar surface area (TPSA) is 112 Å². The van der Waals surface area contributed by atoms with E-state index in [9.17, 15) is 17.6 Å². The highest BCUT2D eigenvalue weighted by Crippen LogP contribution is 2.39. The lowest BCUT2D eigenvalue weighted by molar-refractivity contribution is 0.0608. The molecule has 0 atom stereocenters. The number of thiazole rings is 1. The standard InChI is InChI=1S/C24H18Cl2F2N4O5S2/c1-24(2,3)37-23(33)32(22-11-38-12-31-22)39(34,35)19-8-15(25)17(9-16(19)27)36-18-10-30-20(26)7-14(18)13-4-5-29-21(28)6-13/h4-12H,1-3H3. The SMILES string of the molecule is CC(C)(C)OC(=O)N(c1cscn1)S(=O)(=O)c1cc(Cl)c(Oc2cnc(Cl)cc2-c2ccnc(F)c2)cc1F. The number of carbonyl (C=O) groups is 1. The van der Waals surface area contributed by atoms with Crippen LogP contribution in [0.25, 0.3) is 11.1 Å². The fourth-order valence-corrected chi connectivity index (χ4v) is 5.58. The van der Waals surface area contributed by atoms with Gasteiger partial charge in [0.1, 0.15) is 27.2 Å². The first-order valence-corrected chi connectivity index (χ1v) is 14.0. The lowest BCUT2D eigenvalue weighted by Crippen LogP contribution is -2.41. The molecule has 3 aromatic heterocycles. The van der Waals surface area contributed by atoms with E-state index in [1.54, 1.807) is 20.8 Å². The van der Waals surface area contributed by atoms with Crippen molar-refractivity contribution in [2.45, 2.75) is 31.3 Å². The van der Waals surface area contributed by atoms with Crippen molar-refractivity contribution in [3.63, 3.8) is 0 Å². The van der Waals surface area contributed by atoms with Gasteiger partial charge in [0.05, 0.1) is 16.7 Å². The van der Waals surface area contributed by atoms with Gasteiger partial charge < -0.3 is 9.47 Å². The van der Waals surface area contributed by atoms with Crippen LogP contribution >= 0.6 is 34.5 Å². The normalized spacial score (nSPS) is 11.8. The molecule has 1 amide bonds. The minimum Gasteiger partial charge on any atom is -0.453 e. The Morgan fingerprint density at radius 3 is 2.44 bits per heavy atom. The molecule has 4 aromatic rings. The molecule has 0 aliphatic heterocycles. The zero-order valence-corrected chi connectivity index (χ0v) is 23.5. The second-order valence-electron chi connectivity index (χ2n) is 8.78. The van der Waals surface area contributed by atoms with Crippen molar-refractivity contribution in [1.29, 1.82) is 0 Å². The van der Waals surface area contributed by atoms with Crippen molar-refractivity contribution in [1.82, 2.24) is 15.0 Å². The summed E-state index contributed by atoms with van der Waals surface area (Å²) in [4.78, 5) is 23.2. The molecular formula is C24H18Cl2F2N4O5S2. The van der Waals surface area contributed by atoms with Crippen molar-refractivity contribution in [3.05, 3.63) is 75.6 Å². The predicted octanol–water partition coefficient (Wildman–Crippen LogP) is 7.11. The van der Waals surface area contributed by atoms with Gasteiger partial charge in [0.15, 0.2) is 11.6 Å². The molecule has 0 N–H and O–H groups in total. The summed E-state index contributed by atoms with van der Waals surface area (Å²) in [5, 5.41) is 1.03. The Balaban J connectivity index is 1.75. The number of nitrogens with zero attached hydrogens (tertiary/aromatic N) is 4. The third-order valence-electron chi connectivity index (χ3n) is 4.78. The van der Waals surface area contributed by atoms with Gasteiger partial charge in [-0.3, -0.25) is 0 Å².